The molecule has 0 spiro atoms. The molecule has 0 radical (unpaired) electrons. The number of aliphatic imine (C=N–C) groups is 1. The molecule has 1 saturated heterocycles. The Kier molecular flexibility index (Phi) is 7.24. The van der Waals surface area contributed by atoms with Crippen LogP contribution >= 0.6 is 0 Å². The first-order valence-corrected chi connectivity index (χ1v) is 11.4. The van der Waals surface area contributed by atoms with Gasteiger partial charge in [-0.1, -0.05) is 36.9 Å². The molecule has 12 nitrogen and oxygen atoms in total. The van der Waals surface area contributed by atoms with Crippen LogP contribution in [0, 0.1) is 18.4 Å². The number of anilines is 1. The molecule has 0 aliphatic carbocycles. The number of amidine groups is 1. The second kappa shape index (κ2) is 10.7. The number of pyridine rings is 1. The lowest BCUT2D eigenvalue weighted by Gasteiger charge is -2.36. The van der Waals surface area contributed by atoms with Crippen molar-refractivity contribution in [2.75, 3.05) is 39.0 Å². The number of amides is 1. The van der Waals surface area contributed by atoms with Crippen molar-refractivity contribution in [2.45, 2.75) is 6.92 Å². The first kappa shape index (κ1) is 25.1. The van der Waals surface area contributed by atoms with Crippen molar-refractivity contribution in [1.29, 1.82) is 5.26 Å². The molecule has 37 heavy (non-hydrogen) atoms. The zero-order valence-corrected chi connectivity index (χ0v) is 20.5. The Labute approximate surface area is 213 Å². The van der Waals surface area contributed by atoms with Crippen molar-refractivity contribution in [3.05, 3.63) is 66.4 Å². The number of hydrogen-bond donors (Lipinski definition) is 1. The monoisotopic (exact) mass is 499 g/mol. The number of nitriles is 1. The van der Waals surface area contributed by atoms with Crippen molar-refractivity contribution >= 4 is 28.8 Å². The van der Waals surface area contributed by atoms with Crippen molar-refractivity contribution in [1.82, 2.24) is 29.5 Å². The van der Waals surface area contributed by atoms with Crippen molar-refractivity contribution < 1.29 is 14.3 Å². The number of piperazine rings is 1. The Balaban J connectivity index is 1.51. The Morgan fingerprint density at radius 3 is 2.41 bits per heavy atom. The van der Waals surface area contributed by atoms with E-state index in [4.69, 9.17) is 15.7 Å². The van der Waals surface area contributed by atoms with Gasteiger partial charge in [0.15, 0.2) is 5.82 Å². The number of rotatable bonds is 6. The van der Waals surface area contributed by atoms with Crippen molar-refractivity contribution in [3.63, 3.8) is 0 Å². The summed E-state index contributed by atoms with van der Waals surface area (Å²) >= 11 is 0. The Hall–Kier alpha value is -5.05. The normalized spacial score (nSPS) is 13.7. The van der Waals surface area contributed by atoms with E-state index in [0.717, 1.165) is 5.56 Å². The van der Waals surface area contributed by atoms with Gasteiger partial charge in [-0.05, 0) is 6.92 Å². The van der Waals surface area contributed by atoms with E-state index in [-0.39, 0.29) is 41.5 Å². The van der Waals surface area contributed by atoms with Gasteiger partial charge in [-0.2, -0.15) is 15.4 Å². The van der Waals surface area contributed by atoms with Crippen LogP contribution in [0.4, 0.5) is 5.69 Å². The van der Waals surface area contributed by atoms with Crippen LogP contribution in [0.1, 0.15) is 17.0 Å². The Bertz CT molecular complexity index is 1410. The van der Waals surface area contributed by atoms with E-state index in [9.17, 15) is 9.59 Å². The highest BCUT2D eigenvalue weighted by atomic mass is 16.5. The van der Waals surface area contributed by atoms with Crippen LogP contribution in [0.15, 0.2) is 54.4 Å². The van der Waals surface area contributed by atoms with Crippen molar-refractivity contribution in [3.8, 4) is 17.8 Å². The highest BCUT2D eigenvalue weighted by molar-refractivity contribution is 6.53. The second-order valence-electron chi connectivity index (χ2n) is 8.16. The Morgan fingerprint density at radius 1 is 1.14 bits per heavy atom. The van der Waals surface area contributed by atoms with Gasteiger partial charge in [0.1, 0.15) is 23.7 Å². The van der Waals surface area contributed by atoms with Gasteiger partial charge >= 0.3 is 0 Å². The quantitative estimate of drug-likeness (QED) is 0.173. The number of nitrogens with zero attached hydrogens (tertiary/aromatic N) is 8. The van der Waals surface area contributed by atoms with E-state index in [1.165, 1.54) is 29.2 Å². The van der Waals surface area contributed by atoms with Gasteiger partial charge < -0.3 is 20.3 Å². The molecule has 2 N–H and O–H groups in total. The fourth-order valence-electron chi connectivity index (χ4n) is 4.05. The summed E-state index contributed by atoms with van der Waals surface area (Å²) in [6, 6.07) is 9.33. The van der Waals surface area contributed by atoms with Crippen LogP contribution in [0.25, 0.3) is 11.4 Å². The SMILES string of the molecule is C=C(C(=O)C(=O)N1CCN(C(=NC#N)c2ccccc2)CC1)c1c(OC)cnc(-n2cnc(C)n2)c1N. The number of carbonyl (C=O) groups is 2. The van der Waals surface area contributed by atoms with Crippen LogP contribution in [0.3, 0.4) is 0 Å². The van der Waals surface area contributed by atoms with Gasteiger partial charge in [-0.3, -0.25) is 9.59 Å². The molecule has 0 bridgehead atoms. The fraction of sp³-hybridized carbons (Fsp3) is 0.240. The number of hydrogen-bond acceptors (Lipinski definition) is 9. The number of carbonyl (C=O) groups excluding carboxylic acids is 2. The van der Waals surface area contributed by atoms with Crippen LogP contribution in [0.2, 0.25) is 0 Å². The fourth-order valence-corrected chi connectivity index (χ4v) is 4.05. The van der Waals surface area contributed by atoms with Gasteiger partial charge in [-0.25, -0.2) is 14.6 Å². The molecule has 1 aliphatic heterocycles. The molecule has 3 aromatic rings. The highest BCUT2D eigenvalue weighted by Gasteiger charge is 2.31. The van der Waals surface area contributed by atoms with Crippen LogP contribution < -0.4 is 10.5 Å². The topological polar surface area (TPSA) is 156 Å². The maximum absolute atomic E-state index is 13.2. The minimum Gasteiger partial charge on any atom is -0.494 e. The summed E-state index contributed by atoms with van der Waals surface area (Å²) in [5, 5.41) is 13.4. The van der Waals surface area contributed by atoms with Crippen LogP contribution in [-0.2, 0) is 9.59 Å². The molecule has 188 valence electrons. The first-order chi connectivity index (χ1) is 17.8. The number of ketones is 1. The summed E-state index contributed by atoms with van der Waals surface area (Å²) in [5.74, 6) is -0.0426. The van der Waals surface area contributed by atoms with Gasteiger partial charge in [0.25, 0.3) is 11.7 Å². The number of benzene rings is 1. The predicted molar refractivity (Wildman–Crippen MR) is 136 cm³/mol. The summed E-state index contributed by atoms with van der Waals surface area (Å²) in [4.78, 5) is 42.0. The van der Waals surface area contributed by atoms with E-state index in [1.807, 2.05) is 41.4 Å². The summed E-state index contributed by atoms with van der Waals surface area (Å²) < 4.78 is 6.73. The lowest BCUT2D eigenvalue weighted by molar-refractivity contribution is -0.142. The molecule has 4 rings (SSSR count). The number of aryl methyl sites for hydroxylation is 1. The molecule has 0 atom stereocenters. The molecular weight excluding hydrogens is 474 g/mol. The number of Topliss-reactive ketones (excluding diaryl/α,β-unsaturated/α-hetero) is 1. The third kappa shape index (κ3) is 5.01. The molecule has 1 aliphatic rings. The van der Waals surface area contributed by atoms with Gasteiger partial charge in [0.2, 0.25) is 6.19 Å². The highest BCUT2D eigenvalue weighted by Crippen LogP contribution is 2.34. The largest absolute Gasteiger partial charge is 0.494 e. The third-order valence-corrected chi connectivity index (χ3v) is 5.93. The second-order valence-corrected chi connectivity index (χ2v) is 8.16. The predicted octanol–water partition coefficient (Wildman–Crippen LogP) is 1.22. The Morgan fingerprint density at radius 2 is 1.81 bits per heavy atom. The maximum Gasteiger partial charge on any atom is 0.295 e. The number of nitrogens with two attached hydrogens (primary N) is 1. The lowest BCUT2D eigenvalue weighted by atomic mass is 10.0. The van der Waals surface area contributed by atoms with E-state index in [0.29, 0.717) is 24.7 Å². The first-order valence-electron chi connectivity index (χ1n) is 11.4. The van der Waals surface area contributed by atoms with Crippen LogP contribution in [0.5, 0.6) is 5.75 Å². The standard InChI is InChI=1S/C25H25N9O3/c1-16(20-19(37-3)13-28-24(21(20)27)34-15-30-17(2)31-34)22(35)25(36)33-11-9-32(10-12-33)23(29-14-26)18-7-5-4-6-8-18/h4-8,13,15H,1,9-12,27H2,2-3H3. The molecule has 1 aromatic carbocycles. The number of methoxy groups -OCH3 is 1. The van der Waals surface area contributed by atoms with E-state index in [1.54, 1.807) is 6.92 Å². The van der Waals surface area contributed by atoms with Gasteiger partial charge in [0, 0.05) is 37.3 Å². The number of nitrogen functional groups attached to an aromatic ring is 1. The summed E-state index contributed by atoms with van der Waals surface area (Å²) in [7, 11) is 1.41. The summed E-state index contributed by atoms with van der Waals surface area (Å²) in [6.45, 7) is 6.91. The van der Waals surface area contributed by atoms with E-state index in [2.05, 4.69) is 26.6 Å². The number of ether oxygens (including phenoxy) is 1. The minimum absolute atomic E-state index is 0.0837. The molecule has 12 heteroatoms. The summed E-state index contributed by atoms with van der Waals surface area (Å²) in [5.41, 5.74) is 7.28. The van der Waals surface area contributed by atoms with Crippen LogP contribution in [-0.4, -0.2) is 80.4 Å². The lowest BCUT2D eigenvalue weighted by Crippen LogP contribution is -2.52. The third-order valence-electron chi connectivity index (χ3n) is 5.93. The van der Waals surface area contributed by atoms with E-state index >= 15 is 0 Å². The molecular formula is C25H25N9O3. The van der Waals surface area contributed by atoms with Gasteiger partial charge in [-0.15, -0.1) is 0 Å². The maximum atomic E-state index is 13.2. The smallest absolute Gasteiger partial charge is 0.295 e. The minimum atomic E-state index is -0.806. The molecule has 1 fully saturated rings. The average molecular weight is 500 g/mol. The zero-order chi connectivity index (χ0) is 26.5. The van der Waals surface area contributed by atoms with Gasteiger partial charge in [0.05, 0.1) is 24.6 Å². The molecule has 0 unspecified atom stereocenters. The van der Waals surface area contributed by atoms with Crippen molar-refractivity contribution in [2.24, 2.45) is 4.99 Å². The zero-order valence-electron chi connectivity index (χ0n) is 20.5. The molecule has 2 aromatic heterocycles. The molecule has 1 amide bonds. The molecule has 3 heterocycles. The summed E-state index contributed by atoms with van der Waals surface area (Å²) in [6.07, 6.45) is 4.68. The molecule has 0 saturated carbocycles. The number of aromatic nitrogens is 4. The van der Waals surface area contributed by atoms with E-state index < -0.39 is 11.7 Å². The average Bonchev–Trinajstić information content (AvgIpc) is 3.36.